The van der Waals surface area contributed by atoms with E-state index in [1.807, 2.05) is 0 Å². The van der Waals surface area contributed by atoms with Gasteiger partial charge in [-0.25, -0.2) is 0 Å². The van der Waals surface area contributed by atoms with Crippen molar-refractivity contribution < 1.29 is 20.1 Å². The molecule has 1 rings (SSSR count). The van der Waals surface area contributed by atoms with Crippen LogP contribution in [0.4, 0.5) is 0 Å². The van der Waals surface area contributed by atoms with Crippen LogP contribution in [-0.2, 0) is 4.74 Å². The van der Waals surface area contributed by atoms with Crippen LogP contribution in [0, 0.1) is 0 Å². The molecule has 1 aliphatic rings. The van der Waals surface area contributed by atoms with Gasteiger partial charge in [0.05, 0.1) is 18.2 Å². The van der Waals surface area contributed by atoms with Gasteiger partial charge in [0, 0.05) is 0 Å². The van der Waals surface area contributed by atoms with Gasteiger partial charge < -0.3 is 25.0 Å². The lowest BCUT2D eigenvalue weighted by Crippen LogP contribution is -2.61. The Morgan fingerprint density at radius 1 is 1.08 bits per heavy atom. The molecule has 13 heavy (non-hydrogen) atoms. The highest BCUT2D eigenvalue weighted by molar-refractivity contribution is 4.91. The molecule has 1 heterocycles. The first-order valence-corrected chi connectivity index (χ1v) is 4.31. The number of nitrogens with zero attached hydrogens (tertiary/aromatic N) is 1. The van der Waals surface area contributed by atoms with Crippen LogP contribution >= 0.6 is 0 Å². The van der Waals surface area contributed by atoms with Crippen LogP contribution in [-0.4, -0.2) is 65.0 Å². The van der Waals surface area contributed by atoms with E-state index in [1.54, 1.807) is 25.9 Å². The minimum Gasteiger partial charge on any atom is -0.389 e. The summed E-state index contributed by atoms with van der Waals surface area (Å²) in [4.78, 5) is 1.68. The first-order valence-electron chi connectivity index (χ1n) is 4.31. The zero-order valence-corrected chi connectivity index (χ0v) is 8.08. The quantitative estimate of drug-likeness (QED) is 0.464. The maximum atomic E-state index is 9.66. The van der Waals surface area contributed by atoms with E-state index in [9.17, 15) is 15.3 Å². The predicted molar refractivity (Wildman–Crippen MR) is 46.0 cm³/mol. The first kappa shape index (κ1) is 10.9. The summed E-state index contributed by atoms with van der Waals surface area (Å²) in [5.74, 6) is 0. The topological polar surface area (TPSA) is 73.2 Å². The summed E-state index contributed by atoms with van der Waals surface area (Å²) in [6.45, 7) is 1.66. The molecule has 0 bridgehead atoms. The number of hydrogen-bond donors (Lipinski definition) is 3. The average Bonchev–Trinajstić information content (AvgIpc) is 2.01. The van der Waals surface area contributed by atoms with Gasteiger partial charge in [0.15, 0.2) is 6.29 Å². The summed E-state index contributed by atoms with van der Waals surface area (Å²) in [6, 6.07) is -0.487. The molecular formula is C8H17NO4. The van der Waals surface area contributed by atoms with Crippen LogP contribution < -0.4 is 0 Å². The van der Waals surface area contributed by atoms with Crippen molar-refractivity contribution in [2.24, 2.45) is 0 Å². The van der Waals surface area contributed by atoms with Crippen LogP contribution in [0.2, 0.25) is 0 Å². The van der Waals surface area contributed by atoms with E-state index in [4.69, 9.17) is 4.74 Å². The Labute approximate surface area is 77.5 Å². The monoisotopic (exact) mass is 191 g/mol. The summed E-state index contributed by atoms with van der Waals surface area (Å²) in [7, 11) is 3.48. The maximum Gasteiger partial charge on any atom is 0.182 e. The molecule has 0 spiro atoms. The van der Waals surface area contributed by atoms with E-state index in [-0.39, 0.29) is 0 Å². The number of aliphatic hydroxyl groups is 3. The Bertz CT molecular complexity index is 162. The number of aliphatic hydroxyl groups excluding tert-OH is 3. The van der Waals surface area contributed by atoms with Gasteiger partial charge in [-0.15, -0.1) is 0 Å². The standard InChI is InChI=1S/C8H17NO4/c1-4-6(10)5(9(2)3)7(11)8(12)13-4/h4-8,10-12H,1-3H3/t4-,5+,6+,7-,8?/m1/s1. The third-order valence-electron chi connectivity index (χ3n) is 2.42. The molecule has 78 valence electrons. The van der Waals surface area contributed by atoms with Crippen molar-refractivity contribution in [3.05, 3.63) is 0 Å². The molecule has 5 heteroatoms. The van der Waals surface area contributed by atoms with Crippen LogP contribution in [0.3, 0.4) is 0 Å². The lowest BCUT2D eigenvalue weighted by molar-refractivity contribution is -0.263. The molecule has 1 aliphatic heterocycles. The van der Waals surface area contributed by atoms with Gasteiger partial charge in [-0.05, 0) is 21.0 Å². The SMILES string of the molecule is C[C@H]1OC(O)[C@H](O)[C@@H](N(C)C)[C@H]1O. The molecule has 1 unspecified atom stereocenters. The third-order valence-corrected chi connectivity index (χ3v) is 2.42. The summed E-state index contributed by atoms with van der Waals surface area (Å²) >= 11 is 0. The molecule has 3 N–H and O–H groups in total. The summed E-state index contributed by atoms with van der Waals surface area (Å²) in [5.41, 5.74) is 0. The second kappa shape index (κ2) is 3.89. The minimum atomic E-state index is -1.22. The molecule has 0 aromatic rings. The third kappa shape index (κ3) is 2.00. The Morgan fingerprint density at radius 3 is 2.08 bits per heavy atom. The van der Waals surface area contributed by atoms with Crippen LogP contribution in [0.5, 0.6) is 0 Å². The predicted octanol–water partition coefficient (Wildman–Crippen LogP) is -1.62. The normalized spacial score (nSPS) is 46.8. The van der Waals surface area contributed by atoms with Crippen LogP contribution in [0.15, 0.2) is 0 Å². The van der Waals surface area contributed by atoms with Crippen molar-refractivity contribution in [1.82, 2.24) is 4.90 Å². The maximum absolute atomic E-state index is 9.66. The van der Waals surface area contributed by atoms with Gasteiger partial charge in [-0.2, -0.15) is 0 Å². The second-order valence-electron chi connectivity index (χ2n) is 3.67. The lowest BCUT2D eigenvalue weighted by atomic mass is 9.96. The number of rotatable bonds is 1. The van der Waals surface area contributed by atoms with Crippen molar-refractivity contribution in [2.75, 3.05) is 14.1 Å². The molecule has 1 fully saturated rings. The molecule has 5 nitrogen and oxygen atoms in total. The van der Waals surface area contributed by atoms with Crippen molar-refractivity contribution in [3.63, 3.8) is 0 Å². The molecule has 1 saturated heterocycles. The highest BCUT2D eigenvalue weighted by Crippen LogP contribution is 2.22. The van der Waals surface area contributed by atoms with E-state index in [0.29, 0.717) is 0 Å². The van der Waals surface area contributed by atoms with Crippen molar-refractivity contribution in [2.45, 2.75) is 37.6 Å². The molecule has 0 radical (unpaired) electrons. The number of ether oxygens (including phenoxy) is 1. The number of likely N-dealkylation sites (N-methyl/N-ethyl adjacent to an activating group) is 1. The summed E-state index contributed by atoms with van der Waals surface area (Å²) < 4.78 is 4.92. The number of hydrogen-bond acceptors (Lipinski definition) is 5. The Morgan fingerprint density at radius 2 is 1.62 bits per heavy atom. The molecule has 0 aromatic heterocycles. The van der Waals surface area contributed by atoms with Crippen molar-refractivity contribution in [1.29, 1.82) is 0 Å². The Kier molecular flexibility index (Phi) is 3.26. The van der Waals surface area contributed by atoms with Crippen molar-refractivity contribution >= 4 is 0 Å². The molecule has 0 saturated carbocycles. The van der Waals surface area contributed by atoms with E-state index >= 15 is 0 Å². The first-order chi connectivity index (χ1) is 5.95. The average molecular weight is 191 g/mol. The molecular weight excluding hydrogens is 174 g/mol. The highest BCUT2D eigenvalue weighted by atomic mass is 16.6. The van der Waals surface area contributed by atoms with Gasteiger partial charge in [0.25, 0.3) is 0 Å². The zero-order chi connectivity index (χ0) is 10.2. The van der Waals surface area contributed by atoms with Gasteiger partial charge in [-0.3, -0.25) is 0 Å². The van der Waals surface area contributed by atoms with Gasteiger partial charge in [-0.1, -0.05) is 0 Å². The van der Waals surface area contributed by atoms with Crippen LogP contribution in [0.25, 0.3) is 0 Å². The van der Waals surface area contributed by atoms with Gasteiger partial charge in [0.1, 0.15) is 6.10 Å². The van der Waals surface area contributed by atoms with E-state index < -0.39 is 30.6 Å². The van der Waals surface area contributed by atoms with E-state index in [1.165, 1.54) is 0 Å². The molecule has 0 aliphatic carbocycles. The fourth-order valence-electron chi connectivity index (χ4n) is 1.64. The smallest absolute Gasteiger partial charge is 0.182 e. The Balaban J connectivity index is 2.76. The zero-order valence-electron chi connectivity index (χ0n) is 8.08. The van der Waals surface area contributed by atoms with Crippen molar-refractivity contribution in [3.8, 4) is 0 Å². The fraction of sp³-hybridized carbons (Fsp3) is 1.00. The molecule has 0 amide bonds. The van der Waals surface area contributed by atoms with Gasteiger partial charge >= 0.3 is 0 Å². The summed E-state index contributed by atoms with van der Waals surface area (Å²) in [6.07, 6.45) is -3.54. The highest BCUT2D eigenvalue weighted by Gasteiger charge is 2.42. The largest absolute Gasteiger partial charge is 0.389 e. The lowest BCUT2D eigenvalue weighted by Gasteiger charge is -2.42. The summed E-state index contributed by atoms with van der Waals surface area (Å²) in [5, 5.41) is 28.5. The molecule has 5 atom stereocenters. The van der Waals surface area contributed by atoms with E-state index in [2.05, 4.69) is 0 Å². The van der Waals surface area contributed by atoms with Gasteiger partial charge in [0.2, 0.25) is 0 Å². The second-order valence-corrected chi connectivity index (χ2v) is 3.67. The molecule has 0 aromatic carbocycles. The Hall–Kier alpha value is -0.200. The fourth-order valence-corrected chi connectivity index (χ4v) is 1.64. The minimum absolute atomic E-state index is 0.467. The van der Waals surface area contributed by atoms with E-state index in [0.717, 1.165) is 0 Å². The van der Waals surface area contributed by atoms with Crippen LogP contribution in [0.1, 0.15) is 6.92 Å².